The maximum atomic E-state index is 12.3. The van der Waals surface area contributed by atoms with E-state index >= 15 is 0 Å². The number of amides is 1. The molecule has 0 aromatic carbocycles. The van der Waals surface area contributed by atoms with Gasteiger partial charge in [0.15, 0.2) is 0 Å². The predicted octanol–water partition coefficient (Wildman–Crippen LogP) is 6.93. The number of piperidine rings is 1. The average molecular weight is 555 g/mol. The molecule has 1 aromatic heterocycles. The van der Waals surface area contributed by atoms with Gasteiger partial charge in [0.2, 0.25) is 0 Å². The van der Waals surface area contributed by atoms with Crippen molar-refractivity contribution in [1.82, 2.24) is 9.88 Å². The molecule has 0 unspecified atom stereocenters. The van der Waals surface area contributed by atoms with Crippen molar-refractivity contribution in [3.05, 3.63) is 11.2 Å². The van der Waals surface area contributed by atoms with E-state index < -0.39 is 26.7 Å². The summed E-state index contributed by atoms with van der Waals surface area (Å²) in [6.45, 7) is 14.4. The summed E-state index contributed by atoms with van der Waals surface area (Å²) in [5.74, 6) is 0.503. The zero-order valence-corrected chi connectivity index (χ0v) is 24.4. The second kappa shape index (κ2) is 12.8. The number of aromatic nitrogens is 1. The molecule has 1 aliphatic rings. The van der Waals surface area contributed by atoms with Crippen LogP contribution in [0.2, 0.25) is 3.43 Å². The zero-order valence-electron chi connectivity index (χ0n) is 20.8. The molecule has 1 amide bonds. The van der Waals surface area contributed by atoms with Crippen LogP contribution >= 0.6 is 11.3 Å². The summed E-state index contributed by atoms with van der Waals surface area (Å²) in [4.78, 5) is 19.1. The Morgan fingerprint density at radius 1 is 1.10 bits per heavy atom. The Morgan fingerprint density at radius 2 is 1.71 bits per heavy atom. The normalized spacial score (nSPS) is 16.0. The van der Waals surface area contributed by atoms with Gasteiger partial charge in [-0.3, -0.25) is 0 Å². The SMILES string of the molecule is CCCC[C](CCC)(CCCC)[Sn][c]1cnc(C2CCN(C(=O)OC(C)(C)C)CC2)s1. The zero-order chi connectivity index (χ0) is 22.9. The van der Waals surface area contributed by atoms with E-state index in [1.807, 2.05) is 37.0 Å². The van der Waals surface area contributed by atoms with Crippen LogP contribution in [0.25, 0.3) is 0 Å². The van der Waals surface area contributed by atoms with Gasteiger partial charge < -0.3 is 0 Å². The molecule has 0 bridgehead atoms. The van der Waals surface area contributed by atoms with Crippen molar-refractivity contribution in [2.75, 3.05) is 13.1 Å². The van der Waals surface area contributed by atoms with Gasteiger partial charge in [0, 0.05) is 0 Å². The minimum atomic E-state index is -0.685. The van der Waals surface area contributed by atoms with Crippen LogP contribution in [0.3, 0.4) is 0 Å². The van der Waals surface area contributed by atoms with Gasteiger partial charge in [0.05, 0.1) is 0 Å². The standard InChI is InChI=1S/C13H19N2O2S.C12H25.Sn/c1-13(2,3)17-12(16)15-7-4-10(5-8-15)11-14-6-9-18-11;1-4-7-10-12(9-6-3)11-8-5-2;/h6,10H,4-5,7-8H2,1-3H3;4-11H2,1-3H3;. The Bertz CT molecular complexity index is 655. The molecular weight excluding hydrogens is 511 g/mol. The van der Waals surface area contributed by atoms with Crippen LogP contribution in [-0.2, 0) is 4.74 Å². The van der Waals surface area contributed by atoms with E-state index in [1.165, 1.54) is 56.4 Å². The molecule has 176 valence electrons. The molecule has 4 nitrogen and oxygen atoms in total. The molecule has 1 aliphatic heterocycles. The van der Waals surface area contributed by atoms with E-state index in [2.05, 4.69) is 27.0 Å². The van der Waals surface area contributed by atoms with Crippen molar-refractivity contribution in [3.63, 3.8) is 0 Å². The topological polar surface area (TPSA) is 42.4 Å². The first-order valence-electron chi connectivity index (χ1n) is 12.4. The number of likely N-dealkylation sites (tertiary alicyclic amines) is 1. The molecule has 0 spiro atoms. The third kappa shape index (κ3) is 8.86. The summed E-state index contributed by atoms with van der Waals surface area (Å²) < 4.78 is 7.80. The molecule has 2 radical (unpaired) electrons. The number of nitrogens with zero attached hydrogens (tertiary/aromatic N) is 2. The number of ether oxygens (including phenoxy) is 1. The maximum absolute atomic E-state index is 12.3. The molecule has 1 aromatic rings. The molecule has 1 fully saturated rings. The fourth-order valence-corrected chi connectivity index (χ4v) is 12.8. The first kappa shape index (κ1) is 26.9. The number of hydrogen-bond acceptors (Lipinski definition) is 4. The molecule has 2 heterocycles. The molecule has 1 saturated heterocycles. The third-order valence-corrected chi connectivity index (χ3v) is 13.4. The summed E-state index contributed by atoms with van der Waals surface area (Å²) in [5, 5.41) is 1.32. The molecule has 2 rings (SSSR count). The molecule has 31 heavy (non-hydrogen) atoms. The van der Waals surface area contributed by atoms with E-state index in [1.54, 1.807) is 2.89 Å². The van der Waals surface area contributed by atoms with Gasteiger partial charge in [0.1, 0.15) is 0 Å². The van der Waals surface area contributed by atoms with E-state index in [-0.39, 0.29) is 6.09 Å². The van der Waals surface area contributed by atoms with Crippen molar-refractivity contribution >= 4 is 41.5 Å². The van der Waals surface area contributed by atoms with E-state index in [9.17, 15) is 4.79 Å². The Hall–Kier alpha value is -0.301. The molecule has 0 aliphatic carbocycles. The third-order valence-electron chi connectivity index (χ3n) is 6.15. The van der Waals surface area contributed by atoms with Crippen molar-refractivity contribution in [2.24, 2.45) is 0 Å². The van der Waals surface area contributed by atoms with Crippen LogP contribution in [0.15, 0.2) is 6.20 Å². The van der Waals surface area contributed by atoms with Crippen LogP contribution in [-0.4, -0.2) is 55.8 Å². The molecule has 0 atom stereocenters. The number of hydrogen-bond donors (Lipinski definition) is 0. The van der Waals surface area contributed by atoms with Gasteiger partial charge in [-0.1, -0.05) is 0 Å². The van der Waals surface area contributed by atoms with Gasteiger partial charge in [0.25, 0.3) is 0 Å². The minimum absolute atomic E-state index is 0.170. The van der Waals surface area contributed by atoms with E-state index in [0.29, 0.717) is 9.35 Å². The summed E-state index contributed by atoms with van der Waals surface area (Å²) in [5.41, 5.74) is -0.426. The monoisotopic (exact) mass is 556 g/mol. The second-order valence-electron chi connectivity index (χ2n) is 10.2. The number of carbonyl (C=O) groups is 1. The number of carbonyl (C=O) groups excluding carboxylic acids is 1. The first-order valence-corrected chi connectivity index (χ1v) is 16.1. The average Bonchev–Trinajstić information content (AvgIpc) is 3.18. The number of rotatable bonds is 11. The van der Waals surface area contributed by atoms with Crippen LogP contribution in [0, 0.1) is 0 Å². The van der Waals surface area contributed by atoms with Crippen molar-refractivity contribution in [2.45, 2.75) is 121 Å². The van der Waals surface area contributed by atoms with Crippen LogP contribution in [0.1, 0.15) is 117 Å². The second-order valence-corrected chi connectivity index (χ2v) is 17.5. The summed E-state index contributed by atoms with van der Waals surface area (Å²) >= 11 is 1.32. The molecule has 6 heteroatoms. The van der Waals surface area contributed by atoms with Crippen molar-refractivity contribution in [1.29, 1.82) is 0 Å². The fraction of sp³-hybridized carbons (Fsp3) is 0.840. The van der Waals surface area contributed by atoms with Gasteiger partial charge in [-0.05, 0) is 0 Å². The van der Waals surface area contributed by atoms with E-state index in [4.69, 9.17) is 9.72 Å². The van der Waals surface area contributed by atoms with E-state index in [0.717, 1.165) is 25.9 Å². The molecule has 0 saturated carbocycles. The van der Waals surface area contributed by atoms with Crippen LogP contribution in [0.4, 0.5) is 4.79 Å². The van der Waals surface area contributed by atoms with Gasteiger partial charge in [-0.25, -0.2) is 0 Å². The van der Waals surface area contributed by atoms with Crippen molar-refractivity contribution < 1.29 is 9.53 Å². The first-order chi connectivity index (χ1) is 14.7. The van der Waals surface area contributed by atoms with Gasteiger partial charge in [-0.2, -0.15) is 0 Å². The van der Waals surface area contributed by atoms with Crippen LogP contribution in [0.5, 0.6) is 0 Å². The van der Waals surface area contributed by atoms with Crippen LogP contribution < -0.4 is 2.89 Å². The number of thiazole rings is 1. The Morgan fingerprint density at radius 3 is 2.23 bits per heavy atom. The quantitative estimate of drug-likeness (QED) is 0.278. The summed E-state index contributed by atoms with van der Waals surface area (Å²) in [7, 11) is 0. The van der Waals surface area contributed by atoms with Crippen molar-refractivity contribution in [3.8, 4) is 0 Å². The molecular formula is C25H44N2O2SSn. The fourth-order valence-electron chi connectivity index (χ4n) is 4.50. The summed E-state index contributed by atoms with van der Waals surface area (Å²) in [6, 6.07) is 0. The number of unbranched alkanes of at least 4 members (excludes halogenated alkanes) is 2. The van der Waals surface area contributed by atoms with Gasteiger partial charge in [-0.15, -0.1) is 0 Å². The Labute approximate surface area is 205 Å². The predicted molar refractivity (Wildman–Crippen MR) is 134 cm³/mol. The Kier molecular flexibility index (Phi) is 11.1. The van der Waals surface area contributed by atoms with Gasteiger partial charge >= 0.3 is 206 Å². The Balaban J connectivity index is 1.99. The molecule has 0 N–H and O–H groups in total. The summed E-state index contributed by atoms with van der Waals surface area (Å²) in [6.07, 6.45) is 15.0.